The van der Waals surface area contributed by atoms with Gasteiger partial charge in [0.2, 0.25) is 11.9 Å². The minimum absolute atomic E-state index is 0.0942. The standard InChI is InChI=1S/C18H14BrFN4O2/c19-14-7-12(15-8-17(25)23-18-21-10-22-24(15)18)3-6-16(14)26-9-11-1-4-13(20)5-2-11/h1-7,10,15H,8-9H2,(H,21,22,23,25)/t15-/m1/s1. The summed E-state index contributed by atoms with van der Waals surface area (Å²) in [4.78, 5) is 15.9. The van der Waals surface area contributed by atoms with E-state index in [0.29, 0.717) is 24.7 Å². The van der Waals surface area contributed by atoms with E-state index in [0.717, 1.165) is 15.6 Å². The lowest BCUT2D eigenvalue weighted by atomic mass is 10.0. The molecule has 0 radical (unpaired) electrons. The van der Waals surface area contributed by atoms with Crippen LogP contribution in [0.2, 0.25) is 0 Å². The SMILES string of the molecule is O=C1C[C@H](c2ccc(OCc3ccc(F)cc3)c(Br)c2)n2ncnc2N1. The molecule has 132 valence electrons. The minimum atomic E-state index is -0.275. The molecule has 0 unspecified atom stereocenters. The molecule has 0 aliphatic carbocycles. The fourth-order valence-corrected chi connectivity index (χ4v) is 3.36. The normalized spacial score (nSPS) is 16.1. The van der Waals surface area contributed by atoms with Crippen LogP contribution in [0.15, 0.2) is 53.3 Å². The molecule has 2 aromatic carbocycles. The lowest BCUT2D eigenvalue weighted by Crippen LogP contribution is -2.29. The smallest absolute Gasteiger partial charge is 0.229 e. The number of aromatic nitrogens is 3. The van der Waals surface area contributed by atoms with E-state index in [4.69, 9.17) is 4.74 Å². The highest BCUT2D eigenvalue weighted by Crippen LogP contribution is 2.33. The first-order chi connectivity index (χ1) is 12.6. The van der Waals surface area contributed by atoms with Crippen molar-refractivity contribution in [3.8, 4) is 5.75 Å². The number of ether oxygens (including phenoxy) is 1. The van der Waals surface area contributed by atoms with Crippen LogP contribution in [0.1, 0.15) is 23.6 Å². The summed E-state index contributed by atoms with van der Waals surface area (Å²) in [5.41, 5.74) is 1.80. The van der Waals surface area contributed by atoms with Gasteiger partial charge in [0.25, 0.3) is 0 Å². The number of fused-ring (bicyclic) bond motifs is 1. The van der Waals surface area contributed by atoms with Crippen LogP contribution in [0.4, 0.5) is 10.3 Å². The number of anilines is 1. The van der Waals surface area contributed by atoms with Gasteiger partial charge in [0, 0.05) is 0 Å². The van der Waals surface area contributed by atoms with Gasteiger partial charge < -0.3 is 4.74 Å². The molecule has 1 N–H and O–H groups in total. The van der Waals surface area contributed by atoms with Gasteiger partial charge in [0.05, 0.1) is 16.9 Å². The minimum Gasteiger partial charge on any atom is -0.488 e. The topological polar surface area (TPSA) is 69.0 Å². The van der Waals surface area contributed by atoms with Gasteiger partial charge in [0.15, 0.2) is 0 Å². The molecule has 1 aromatic heterocycles. The largest absolute Gasteiger partial charge is 0.488 e. The molecule has 1 atom stereocenters. The van der Waals surface area contributed by atoms with Crippen molar-refractivity contribution in [2.45, 2.75) is 19.1 Å². The summed E-state index contributed by atoms with van der Waals surface area (Å²) in [7, 11) is 0. The molecule has 2 heterocycles. The molecule has 1 aliphatic rings. The fraction of sp³-hybridized carbons (Fsp3) is 0.167. The molecule has 3 aromatic rings. The second-order valence-corrected chi connectivity index (χ2v) is 6.76. The van der Waals surface area contributed by atoms with Crippen molar-refractivity contribution in [1.29, 1.82) is 0 Å². The summed E-state index contributed by atoms with van der Waals surface area (Å²) in [5.74, 6) is 0.739. The Kier molecular flexibility index (Phi) is 4.42. The molecule has 6 nitrogen and oxygen atoms in total. The Bertz CT molecular complexity index is 958. The summed E-state index contributed by atoms with van der Waals surface area (Å²) in [5, 5.41) is 6.89. The number of benzene rings is 2. The quantitative estimate of drug-likeness (QED) is 0.703. The van der Waals surface area contributed by atoms with Gasteiger partial charge in [0.1, 0.15) is 24.5 Å². The van der Waals surface area contributed by atoms with Gasteiger partial charge in [-0.3, -0.25) is 10.1 Å². The van der Waals surface area contributed by atoms with Gasteiger partial charge >= 0.3 is 0 Å². The maximum atomic E-state index is 13.0. The second kappa shape index (κ2) is 6.87. The number of carbonyl (C=O) groups excluding carboxylic acids is 1. The first kappa shape index (κ1) is 16.7. The molecule has 0 saturated carbocycles. The van der Waals surface area contributed by atoms with E-state index in [2.05, 4.69) is 31.3 Å². The van der Waals surface area contributed by atoms with Gasteiger partial charge in [-0.25, -0.2) is 9.07 Å². The number of halogens is 2. The van der Waals surface area contributed by atoms with Crippen LogP contribution < -0.4 is 10.1 Å². The number of nitrogens with zero attached hydrogens (tertiary/aromatic N) is 3. The van der Waals surface area contributed by atoms with Crippen LogP contribution in [-0.2, 0) is 11.4 Å². The Hall–Kier alpha value is -2.74. The van der Waals surface area contributed by atoms with E-state index in [1.54, 1.807) is 16.8 Å². The van der Waals surface area contributed by atoms with Crippen LogP contribution in [0.3, 0.4) is 0 Å². The Balaban J connectivity index is 1.53. The first-order valence-electron chi connectivity index (χ1n) is 7.96. The monoisotopic (exact) mass is 416 g/mol. The van der Waals surface area contributed by atoms with Crippen molar-refractivity contribution in [3.63, 3.8) is 0 Å². The molecule has 0 bridgehead atoms. The van der Waals surface area contributed by atoms with Crippen LogP contribution in [-0.4, -0.2) is 20.7 Å². The van der Waals surface area contributed by atoms with Crippen molar-refractivity contribution in [3.05, 3.63) is 70.2 Å². The lowest BCUT2D eigenvalue weighted by Gasteiger charge is -2.24. The highest BCUT2D eigenvalue weighted by Gasteiger charge is 2.28. The van der Waals surface area contributed by atoms with Gasteiger partial charge in [-0.05, 0) is 51.3 Å². The molecule has 1 amide bonds. The summed E-state index contributed by atoms with van der Waals surface area (Å²) in [6, 6.07) is 11.6. The molecule has 26 heavy (non-hydrogen) atoms. The summed E-state index contributed by atoms with van der Waals surface area (Å²) in [6.45, 7) is 0.331. The molecule has 0 spiro atoms. The zero-order valence-electron chi connectivity index (χ0n) is 13.5. The molecule has 4 rings (SSSR count). The maximum Gasteiger partial charge on any atom is 0.229 e. The van der Waals surface area contributed by atoms with Crippen molar-refractivity contribution in [2.24, 2.45) is 0 Å². The lowest BCUT2D eigenvalue weighted by molar-refractivity contribution is -0.117. The second-order valence-electron chi connectivity index (χ2n) is 5.90. The van der Waals surface area contributed by atoms with E-state index >= 15 is 0 Å². The highest BCUT2D eigenvalue weighted by atomic mass is 79.9. The van der Waals surface area contributed by atoms with E-state index in [-0.39, 0.29) is 17.8 Å². The molecule has 0 fully saturated rings. The zero-order valence-corrected chi connectivity index (χ0v) is 15.1. The van der Waals surface area contributed by atoms with Crippen molar-refractivity contribution in [2.75, 3.05) is 5.32 Å². The number of nitrogens with one attached hydrogen (secondary N) is 1. The summed E-state index contributed by atoms with van der Waals surface area (Å²) < 4.78 is 21.2. The Morgan fingerprint density at radius 1 is 1.27 bits per heavy atom. The number of amides is 1. The van der Waals surface area contributed by atoms with Gasteiger partial charge in [-0.1, -0.05) is 18.2 Å². The van der Waals surface area contributed by atoms with E-state index < -0.39 is 0 Å². The third kappa shape index (κ3) is 3.32. The third-order valence-corrected chi connectivity index (χ3v) is 4.77. The molecular formula is C18H14BrFN4O2. The van der Waals surface area contributed by atoms with Crippen LogP contribution >= 0.6 is 15.9 Å². The van der Waals surface area contributed by atoms with Crippen molar-refractivity contribution < 1.29 is 13.9 Å². The number of rotatable bonds is 4. The predicted octanol–water partition coefficient (Wildman–Crippen LogP) is 3.69. The molecular weight excluding hydrogens is 403 g/mol. The molecule has 8 heteroatoms. The Morgan fingerprint density at radius 2 is 2.08 bits per heavy atom. The van der Waals surface area contributed by atoms with Crippen LogP contribution in [0.5, 0.6) is 5.75 Å². The van der Waals surface area contributed by atoms with E-state index in [1.165, 1.54) is 18.5 Å². The molecule has 1 aliphatic heterocycles. The van der Waals surface area contributed by atoms with E-state index in [1.807, 2.05) is 18.2 Å². The third-order valence-electron chi connectivity index (χ3n) is 4.15. The fourth-order valence-electron chi connectivity index (χ4n) is 2.85. The number of hydrogen-bond donors (Lipinski definition) is 1. The van der Waals surface area contributed by atoms with Gasteiger partial charge in [-0.15, -0.1) is 0 Å². The summed E-state index contributed by atoms with van der Waals surface area (Å²) in [6.07, 6.45) is 1.71. The molecule has 0 saturated heterocycles. The van der Waals surface area contributed by atoms with Crippen molar-refractivity contribution >= 4 is 27.8 Å². The van der Waals surface area contributed by atoms with Crippen LogP contribution in [0.25, 0.3) is 0 Å². The maximum absolute atomic E-state index is 13.0. The highest BCUT2D eigenvalue weighted by molar-refractivity contribution is 9.10. The number of hydrogen-bond acceptors (Lipinski definition) is 4. The first-order valence-corrected chi connectivity index (χ1v) is 8.75. The summed E-state index contributed by atoms with van der Waals surface area (Å²) >= 11 is 3.51. The predicted molar refractivity (Wildman–Crippen MR) is 96.3 cm³/mol. The van der Waals surface area contributed by atoms with E-state index in [9.17, 15) is 9.18 Å². The average molecular weight is 417 g/mol. The van der Waals surface area contributed by atoms with Crippen LogP contribution in [0, 0.1) is 5.82 Å². The van der Waals surface area contributed by atoms with Crippen molar-refractivity contribution in [1.82, 2.24) is 14.8 Å². The average Bonchev–Trinajstić information content (AvgIpc) is 3.09. The Morgan fingerprint density at radius 3 is 2.85 bits per heavy atom. The van der Waals surface area contributed by atoms with Gasteiger partial charge in [-0.2, -0.15) is 10.1 Å². The Labute approximate surface area is 157 Å². The number of carbonyl (C=O) groups is 1. The zero-order chi connectivity index (χ0) is 18.1.